The lowest BCUT2D eigenvalue weighted by Crippen LogP contribution is -2.54. The zero-order chi connectivity index (χ0) is 17.4. The summed E-state index contributed by atoms with van der Waals surface area (Å²) in [6.45, 7) is 6.07. The van der Waals surface area contributed by atoms with Crippen molar-refractivity contribution in [3.63, 3.8) is 0 Å². The van der Waals surface area contributed by atoms with Crippen LogP contribution in [-0.2, 0) is 14.3 Å². The number of ether oxygens (including phenoxy) is 2. The van der Waals surface area contributed by atoms with Gasteiger partial charge in [-0.2, -0.15) is 0 Å². The van der Waals surface area contributed by atoms with Gasteiger partial charge in [-0.1, -0.05) is 44.2 Å². The quantitative estimate of drug-likeness (QED) is 0.679. The Morgan fingerprint density at radius 2 is 2.08 bits per heavy atom. The zero-order valence-electron chi connectivity index (χ0n) is 14.6. The molecule has 0 unspecified atom stereocenters. The van der Waals surface area contributed by atoms with Crippen LogP contribution in [0, 0.1) is 5.92 Å². The third kappa shape index (κ3) is 3.01. The minimum atomic E-state index is -0.595. The average molecular weight is 330 g/mol. The van der Waals surface area contributed by atoms with Crippen molar-refractivity contribution in [3.8, 4) is 0 Å². The number of aliphatic hydroxyl groups excluding tert-OH is 1. The third-order valence-electron chi connectivity index (χ3n) is 5.54. The maximum absolute atomic E-state index is 12.3. The SMILES string of the molecule is CC(C)[C@]12C[C@H](O)[C@](C)(CC[C@@H]1OC(=O)/C=C/c1ccccc1)O2. The standard InChI is InChI=1S/C20H26O4/c1-14(2)20-13-16(21)19(3,24-20)12-11-17(20)23-18(22)10-9-15-7-5-4-6-8-15/h4-10,14,16-17,21H,11-13H2,1-3H3/b10-9+/t16-,17-,19-,20+/m0/s1. The summed E-state index contributed by atoms with van der Waals surface area (Å²) in [6.07, 6.45) is 4.31. The third-order valence-corrected chi connectivity index (χ3v) is 5.54. The van der Waals surface area contributed by atoms with Gasteiger partial charge in [0.1, 0.15) is 11.7 Å². The second-order valence-corrected chi connectivity index (χ2v) is 7.45. The second kappa shape index (κ2) is 6.34. The Labute approximate surface area is 143 Å². The van der Waals surface area contributed by atoms with Gasteiger partial charge in [0.05, 0.1) is 11.7 Å². The number of hydrogen-bond acceptors (Lipinski definition) is 4. The molecule has 0 amide bonds. The summed E-state index contributed by atoms with van der Waals surface area (Å²) in [5.41, 5.74) is -0.160. The fourth-order valence-electron chi connectivity index (χ4n) is 3.93. The summed E-state index contributed by atoms with van der Waals surface area (Å²) in [7, 11) is 0. The van der Waals surface area contributed by atoms with Gasteiger partial charge in [0.25, 0.3) is 0 Å². The van der Waals surface area contributed by atoms with Crippen LogP contribution in [0.4, 0.5) is 0 Å². The molecule has 0 aromatic heterocycles. The van der Waals surface area contributed by atoms with Crippen LogP contribution in [0.3, 0.4) is 0 Å². The molecular weight excluding hydrogens is 304 g/mol. The Bertz CT molecular complexity index is 624. The Morgan fingerprint density at radius 3 is 2.75 bits per heavy atom. The van der Waals surface area contributed by atoms with E-state index in [9.17, 15) is 9.90 Å². The Hall–Kier alpha value is -1.65. The van der Waals surface area contributed by atoms with Gasteiger partial charge < -0.3 is 14.6 Å². The Morgan fingerprint density at radius 1 is 1.38 bits per heavy atom. The highest BCUT2D eigenvalue weighted by molar-refractivity contribution is 5.87. The molecular formula is C20H26O4. The molecule has 2 bridgehead atoms. The highest BCUT2D eigenvalue weighted by Crippen LogP contribution is 2.52. The normalized spacial score (nSPS) is 35.5. The molecule has 2 saturated heterocycles. The second-order valence-electron chi connectivity index (χ2n) is 7.45. The zero-order valence-corrected chi connectivity index (χ0v) is 14.6. The molecule has 1 aromatic rings. The van der Waals surface area contributed by atoms with Gasteiger partial charge in [0.2, 0.25) is 0 Å². The number of carbonyl (C=O) groups is 1. The van der Waals surface area contributed by atoms with Crippen LogP contribution in [0.15, 0.2) is 36.4 Å². The van der Waals surface area contributed by atoms with Crippen molar-refractivity contribution < 1.29 is 19.4 Å². The number of aliphatic hydroxyl groups is 1. The van der Waals surface area contributed by atoms with Crippen LogP contribution in [0.25, 0.3) is 6.08 Å². The first-order valence-electron chi connectivity index (χ1n) is 8.68. The fraction of sp³-hybridized carbons (Fsp3) is 0.550. The smallest absolute Gasteiger partial charge is 0.331 e. The van der Waals surface area contributed by atoms with Crippen LogP contribution in [0.2, 0.25) is 0 Å². The van der Waals surface area contributed by atoms with E-state index in [-0.39, 0.29) is 18.0 Å². The van der Waals surface area contributed by atoms with Crippen molar-refractivity contribution >= 4 is 12.0 Å². The Balaban J connectivity index is 1.72. The maximum Gasteiger partial charge on any atom is 0.331 e. The lowest BCUT2D eigenvalue weighted by Gasteiger charge is -2.45. The van der Waals surface area contributed by atoms with Gasteiger partial charge in [0, 0.05) is 12.5 Å². The summed E-state index contributed by atoms with van der Waals surface area (Å²) in [5, 5.41) is 10.4. The van der Waals surface area contributed by atoms with E-state index in [2.05, 4.69) is 13.8 Å². The van der Waals surface area contributed by atoms with Crippen LogP contribution in [0.1, 0.15) is 45.6 Å². The molecule has 4 heteroatoms. The predicted molar refractivity (Wildman–Crippen MR) is 92.3 cm³/mol. The topological polar surface area (TPSA) is 55.8 Å². The van der Waals surface area contributed by atoms with Gasteiger partial charge in [-0.05, 0) is 37.3 Å². The van der Waals surface area contributed by atoms with E-state index < -0.39 is 17.3 Å². The number of carbonyl (C=O) groups excluding carboxylic acids is 1. The summed E-state index contributed by atoms with van der Waals surface area (Å²) >= 11 is 0. The number of fused-ring (bicyclic) bond motifs is 2. The highest BCUT2D eigenvalue weighted by Gasteiger charge is 2.62. The lowest BCUT2D eigenvalue weighted by molar-refractivity contribution is -0.223. The first kappa shape index (κ1) is 17.2. The van der Waals surface area contributed by atoms with Crippen LogP contribution in [0.5, 0.6) is 0 Å². The maximum atomic E-state index is 12.3. The van der Waals surface area contributed by atoms with Crippen molar-refractivity contribution in [2.75, 3.05) is 0 Å². The molecule has 2 aliphatic rings. The van der Waals surface area contributed by atoms with Crippen molar-refractivity contribution in [3.05, 3.63) is 42.0 Å². The van der Waals surface area contributed by atoms with Gasteiger partial charge in [-0.3, -0.25) is 0 Å². The molecule has 2 fully saturated rings. The summed E-state index contributed by atoms with van der Waals surface area (Å²) in [4.78, 5) is 12.3. The molecule has 4 nitrogen and oxygen atoms in total. The highest BCUT2D eigenvalue weighted by atomic mass is 16.6. The monoisotopic (exact) mass is 330 g/mol. The van der Waals surface area contributed by atoms with Crippen LogP contribution in [-0.4, -0.2) is 34.5 Å². The molecule has 3 rings (SSSR count). The number of rotatable bonds is 4. The summed E-state index contributed by atoms with van der Waals surface area (Å²) < 4.78 is 12.0. The van der Waals surface area contributed by atoms with E-state index >= 15 is 0 Å². The van der Waals surface area contributed by atoms with E-state index in [1.165, 1.54) is 6.08 Å². The van der Waals surface area contributed by atoms with Gasteiger partial charge in [-0.15, -0.1) is 0 Å². The molecule has 1 N–H and O–H groups in total. The molecule has 4 atom stereocenters. The number of esters is 1. The molecule has 0 saturated carbocycles. The van der Waals surface area contributed by atoms with E-state index in [1.54, 1.807) is 6.08 Å². The molecule has 24 heavy (non-hydrogen) atoms. The van der Waals surface area contributed by atoms with E-state index in [1.807, 2.05) is 37.3 Å². The number of hydrogen-bond donors (Lipinski definition) is 1. The predicted octanol–water partition coefficient (Wildman–Crippen LogP) is 3.34. The molecule has 2 aliphatic heterocycles. The lowest BCUT2D eigenvalue weighted by atomic mass is 9.81. The minimum Gasteiger partial charge on any atom is -0.456 e. The van der Waals surface area contributed by atoms with E-state index in [0.29, 0.717) is 12.8 Å². The fourth-order valence-corrected chi connectivity index (χ4v) is 3.93. The van der Waals surface area contributed by atoms with Gasteiger partial charge in [-0.25, -0.2) is 4.79 Å². The van der Waals surface area contributed by atoms with Crippen molar-refractivity contribution in [1.82, 2.24) is 0 Å². The van der Waals surface area contributed by atoms with Gasteiger partial charge in [0.15, 0.2) is 0 Å². The first-order chi connectivity index (χ1) is 11.4. The summed E-state index contributed by atoms with van der Waals surface area (Å²) in [5.74, 6) is -0.206. The van der Waals surface area contributed by atoms with Crippen molar-refractivity contribution in [2.24, 2.45) is 5.92 Å². The van der Waals surface area contributed by atoms with Crippen molar-refractivity contribution in [2.45, 2.75) is 63.4 Å². The summed E-state index contributed by atoms with van der Waals surface area (Å²) in [6, 6.07) is 9.65. The minimum absolute atomic E-state index is 0.158. The van der Waals surface area contributed by atoms with Crippen molar-refractivity contribution in [1.29, 1.82) is 0 Å². The molecule has 0 aliphatic carbocycles. The number of benzene rings is 1. The van der Waals surface area contributed by atoms with E-state index in [4.69, 9.17) is 9.47 Å². The van der Waals surface area contributed by atoms with Crippen LogP contribution >= 0.6 is 0 Å². The molecule has 0 spiro atoms. The van der Waals surface area contributed by atoms with Crippen LogP contribution < -0.4 is 0 Å². The molecule has 2 heterocycles. The largest absolute Gasteiger partial charge is 0.456 e. The van der Waals surface area contributed by atoms with Gasteiger partial charge >= 0.3 is 5.97 Å². The van der Waals surface area contributed by atoms with E-state index in [0.717, 1.165) is 12.0 Å². The Kier molecular flexibility index (Phi) is 4.54. The average Bonchev–Trinajstić information content (AvgIpc) is 2.78. The molecule has 1 aromatic carbocycles. The molecule has 0 radical (unpaired) electrons. The first-order valence-corrected chi connectivity index (χ1v) is 8.68. The molecule has 130 valence electrons.